The molecule has 1 aliphatic rings. The Morgan fingerprint density at radius 1 is 0.842 bits per heavy atom. The Labute approximate surface area is 119 Å². The van der Waals surface area contributed by atoms with Crippen LogP contribution >= 0.6 is 23.4 Å². The van der Waals surface area contributed by atoms with Crippen LogP contribution in [0.4, 0.5) is 0 Å². The van der Waals surface area contributed by atoms with Gasteiger partial charge in [-0.1, -0.05) is 35.9 Å². The number of halogens is 1. The summed E-state index contributed by atoms with van der Waals surface area (Å²) in [5.74, 6) is -0.221. The number of carbonyl (C=O) groups is 2. The molecule has 0 atom stereocenters. The van der Waals surface area contributed by atoms with Gasteiger partial charge in [0.1, 0.15) is 5.25 Å². The van der Waals surface area contributed by atoms with Crippen LogP contribution in [0.5, 0.6) is 0 Å². The van der Waals surface area contributed by atoms with Gasteiger partial charge in [0.15, 0.2) is 11.6 Å². The van der Waals surface area contributed by atoms with Gasteiger partial charge in [-0.15, -0.1) is 11.8 Å². The number of benzene rings is 2. The van der Waals surface area contributed by atoms with E-state index in [2.05, 4.69) is 0 Å². The third-order valence-electron chi connectivity index (χ3n) is 3.00. The smallest absolute Gasteiger partial charge is 0.184 e. The molecule has 0 saturated heterocycles. The van der Waals surface area contributed by atoms with Crippen molar-refractivity contribution in [2.24, 2.45) is 0 Å². The van der Waals surface area contributed by atoms with Crippen molar-refractivity contribution in [3.8, 4) is 0 Å². The van der Waals surface area contributed by atoms with Crippen LogP contribution in [0.1, 0.15) is 20.7 Å². The van der Waals surface area contributed by atoms with Gasteiger partial charge in [0.2, 0.25) is 0 Å². The van der Waals surface area contributed by atoms with E-state index in [1.54, 1.807) is 36.4 Å². The van der Waals surface area contributed by atoms with Crippen LogP contribution in [0.3, 0.4) is 0 Å². The number of hydrogen-bond donors (Lipinski definition) is 0. The lowest BCUT2D eigenvalue weighted by atomic mass is 10.1. The van der Waals surface area contributed by atoms with Crippen molar-refractivity contribution in [1.29, 1.82) is 0 Å². The monoisotopic (exact) mass is 288 g/mol. The van der Waals surface area contributed by atoms with Gasteiger partial charge in [0.05, 0.1) is 0 Å². The van der Waals surface area contributed by atoms with E-state index in [0.29, 0.717) is 16.1 Å². The topological polar surface area (TPSA) is 34.1 Å². The molecule has 0 unspecified atom stereocenters. The molecule has 19 heavy (non-hydrogen) atoms. The van der Waals surface area contributed by atoms with Crippen LogP contribution < -0.4 is 0 Å². The highest BCUT2D eigenvalue weighted by atomic mass is 35.5. The quantitative estimate of drug-likeness (QED) is 0.787. The molecule has 94 valence electrons. The van der Waals surface area contributed by atoms with Crippen molar-refractivity contribution in [2.75, 3.05) is 0 Å². The van der Waals surface area contributed by atoms with Crippen molar-refractivity contribution >= 4 is 34.9 Å². The number of fused-ring (bicyclic) bond motifs is 1. The van der Waals surface area contributed by atoms with Crippen LogP contribution in [0.2, 0.25) is 5.02 Å². The van der Waals surface area contributed by atoms with Gasteiger partial charge in [0, 0.05) is 21.0 Å². The number of rotatable bonds is 2. The van der Waals surface area contributed by atoms with Gasteiger partial charge in [-0.3, -0.25) is 9.59 Å². The summed E-state index contributed by atoms with van der Waals surface area (Å²) >= 11 is 7.09. The van der Waals surface area contributed by atoms with E-state index in [0.717, 1.165) is 4.90 Å². The SMILES string of the molecule is O=C1c2ccccc2C(=O)C1Sc1ccc(Cl)cc1. The molecular weight excluding hydrogens is 280 g/mol. The van der Waals surface area contributed by atoms with Gasteiger partial charge in [-0.2, -0.15) is 0 Å². The Hall–Kier alpha value is -1.58. The third-order valence-corrected chi connectivity index (χ3v) is 4.46. The molecule has 0 aliphatic heterocycles. The minimum absolute atomic E-state index is 0.111. The molecule has 2 aromatic rings. The average molecular weight is 289 g/mol. The molecule has 0 N–H and O–H groups in total. The minimum atomic E-state index is -0.668. The highest BCUT2D eigenvalue weighted by Crippen LogP contribution is 2.34. The van der Waals surface area contributed by atoms with Crippen molar-refractivity contribution in [1.82, 2.24) is 0 Å². The number of ketones is 2. The lowest BCUT2D eigenvalue weighted by Crippen LogP contribution is -2.17. The van der Waals surface area contributed by atoms with E-state index in [9.17, 15) is 9.59 Å². The number of thioether (sulfide) groups is 1. The summed E-state index contributed by atoms with van der Waals surface area (Å²) in [5.41, 5.74) is 1.05. The normalized spacial score (nSPS) is 14.8. The minimum Gasteiger partial charge on any atom is -0.292 e. The molecule has 0 fully saturated rings. The van der Waals surface area contributed by atoms with Gasteiger partial charge < -0.3 is 0 Å². The summed E-state index contributed by atoms with van der Waals surface area (Å²) in [6, 6.07) is 14.1. The first-order chi connectivity index (χ1) is 9.16. The molecule has 1 aliphatic carbocycles. The van der Waals surface area contributed by atoms with E-state index < -0.39 is 5.25 Å². The molecule has 2 aromatic carbocycles. The van der Waals surface area contributed by atoms with Crippen LogP contribution in [0, 0.1) is 0 Å². The maximum absolute atomic E-state index is 12.2. The molecule has 0 saturated carbocycles. The fourth-order valence-electron chi connectivity index (χ4n) is 2.07. The van der Waals surface area contributed by atoms with Crippen molar-refractivity contribution in [3.63, 3.8) is 0 Å². The standard InChI is InChI=1S/C15H9ClO2S/c16-9-5-7-10(8-6-9)19-15-13(17)11-3-1-2-4-12(11)14(15)18/h1-8,15H. The number of carbonyl (C=O) groups excluding carboxylic acids is 2. The fraction of sp³-hybridized carbons (Fsp3) is 0.0667. The van der Waals surface area contributed by atoms with Crippen LogP contribution in [0.15, 0.2) is 53.4 Å². The Kier molecular flexibility index (Phi) is 3.17. The van der Waals surface area contributed by atoms with E-state index >= 15 is 0 Å². The maximum Gasteiger partial charge on any atom is 0.184 e. The Morgan fingerprint density at radius 2 is 1.37 bits per heavy atom. The molecule has 4 heteroatoms. The summed E-state index contributed by atoms with van der Waals surface area (Å²) in [4.78, 5) is 25.3. The second-order valence-electron chi connectivity index (χ2n) is 4.23. The molecule has 3 rings (SSSR count). The molecule has 0 spiro atoms. The summed E-state index contributed by atoms with van der Waals surface area (Å²) in [6.07, 6.45) is 0. The van der Waals surface area contributed by atoms with Crippen molar-refractivity contribution < 1.29 is 9.59 Å². The lowest BCUT2D eigenvalue weighted by molar-refractivity contribution is 0.0932. The predicted molar refractivity (Wildman–Crippen MR) is 76.2 cm³/mol. The highest BCUT2D eigenvalue weighted by molar-refractivity contribution is 8.01. The number of Topliss-reactive ketones (excluding diaryl/α,β-unsaturated/α-hetero) is 2. The van der Waals surface area contributed by atoms with E-state index in [-0.39, 0.29) is 11.6 Å². The Balaban J connectivity index is 1.90. The van der Waals surface area contributed by atoms with E-state index in [1.165, 1.54) is 11.8 Å². The lowest BCUT2D eigenvalue weighted by Gasteiger charge is -2.06. The molecule has 2 nitrogen and oxygen atoms in total. The summed E-state index contributed by atoms with van der Waals surface area (Å²) in [7, 11) is 0. The fourth-order valence-corrected chi connectivity index (χ4v) is 3.23. The maximum atomic E-state index is 12.2. The first kappa shape index (κ1) is 12.5. The zero-order valence-corrected chi connectivity index (χ0v) is 11.4. The molecule has 0 amide bonds. The molecule has 0 heterocycles. The first-order valence-electron chi connectivity index (χ1n) is 5.76. The summed E-state index contributed by atoms with van der Waals surface area (Å²) < 4.78 is 0. The molecular formula is C15H9ClO2S. The van der Waals surface area contributed by atoms with Gasteiger partial charge in [-0.25, -0.2) is 0 Å². The predicted octanol–water partition coefficient (Wildman–Crippen LogP) is 3.88. The van der Waals surface area contributed by atoms with Gasteiger partial charge in [-0.05, 0) is 24.3 Å². The zero-order chi connectivity index (χ0) is 13.4. The molecule has 0 radical (unpaired) electrons. The molecule has 0 aromatic heterocycles. The second-order valence-corrected chi connectivity index (χ2v) is 5.84. The molecule has 0 bridgehead atoms. The number of hydrogen-bond acceptors (Lipinski definition) is 3. The zero-order valence-electron chi connectivity index (χ0n) is 9.80. The summed E-state index contributed by atoms with van der Waals surface area (Å²) in [6.45, 7) is 0. The highest BCUT2D eigenvalue weighted by Gasteiger charge is 2.38. The second kappa shape index (κ2) is 4.83. The largest absolute Gasteiger partial charge is 0.292 e. The third kappa shape index (κ3) is 2.20. The van der Waals surface area contributed by atoms with Crippen molar-refractivity contribution in [2.45, 2.75) is 10.1 Å². The van der Waals surface area contributed by atoms with Gasteiger partial charge in [0.25, 0.3) is 0 Å². The van der Waals surface area contributed by atoms with E-state index in [4.69, 9.17) is 11.6 Å². The van der Waals surface area contributed by atoms with Crippen LogP contribution in [-0.2, 0) is 0 Å². The van der Waals surface area contributed by atoms with Crippen molar-refractivity contribution in [3.05, 3.63) is 64.7 Å². The Bertz CT molecular complexity index is 629. The van der Waals surface area contributed by atoms with Crippen LogP contribution in [-0.4, -0.2) is 16.8 Å². The average Bonchev–Trinajstić information content (AvgIpc) is 2.67. The first-order valence-corrected chi connectivity index (χ1v) is 7.02. The summed E-state index contributed by atoms with van der Waals surface area (Å²) in [5, 5.41) is -0.0321. The van der Waals surface area contributed by atoms with E-state index in [1.807, 2.05) is 12.1 Å². The Morgan fingerprint density at radius 3 is 1.89 bits per heavy atom. The van der Waals surface area contributed by atoms with Crippen LogP contribution in [0.25, 0.3) is 0 Å². The van der Waals surface area contributed by atoms with Gasteiger partial charge >= 0.3 is 0 Å².